The first-order valence-corrected chi connectivity index (χ1v) is 6.82. The predicted octanol–water partition coefficient (Wildman–Crippen LogP) is 2.47. The molecule has 0 saturated heterocycles. The maximum atomic E-state index is 11.6. The van der Waals surface area contributed by atoms with Crippen molar-refractivity contribution < 1.29 is 9.53 Å². The van der Waals surface area contributed by atoms with Crippen LogP contribution in [0.3, 0.4) is 0 Å². The van der Waals surface area contributed by atoms with Gasteiger partial charge in [0.05, 0.1) is 0 Å². The summed E-state index contributed by atoms with van der Waals surface area (Å²) in [7, 11) is 0. The van der Waals surface area contributed by atoms with Crippen molar-refractivity contribution >= 4 is 11.8 Å². The molecule has 1 atom stereocenters. The second-order valence-electron chi connectivity index (χ2n) is 5.84. The summed E-state index contributed by atoms with van der Waals surface area (Å²) in [4.78, 5) is 11.6. The topological polar surface area (TPSA) is 76.4 Å². The van der Waals surface area contributed by atoms with Crippen molar-refractivity contribution in [2.24, 2.45) is 5.73 Å². The molecule has 0 aliphatic rings. The van der Waals surface area contributed by atoms with Gasteiger partial charge in [-0.3, -0.25) is 0 Å². The van der Waals surface area contributed by atoms with Crippen molar-refractivity contribution in [1.82, 2.24) is 5.32 Å². The van der Waals surface area contributed by atoms with Crippen LogP contribution in [0, 0.1) is 0 Å². The van der Waals surface area contributed by atoms with E-state index >= 15 is 0 Å². The predicted molar refractivity (Wildman–Crippen MR) is 81.7 cm³/mol. The number of nitrogens with one attached hydrogen (secondary N) is 2. The molecule has 5 nitrogen and oxygen atoms in total. The van der Waals surface area contributed by atoms with Gasteiger partial charge in [0, 0.05) is 24.8 Å². The third-order valence-corrected chi connectivity index (χ3v) is 2.53. The van der Waals surface area contributed by atoms with Crippen molar-refractivity contribution in [3.63, 3.8) is 0 Å². The maximum Gasteiger partial charge on any atom is 0.407 e. The maximum absolute atomic E-state index is 11.6. The Morgan fingerprint density at radius 1 is 1.40 bits per heavy atom. The van der Waals surface area contributed by atoms with Crippen LogP contribution in [0.4, 0.5) is 10.5 Å². The van der Waals surface area contributed by atoms with E-state index in [1.165, 1.54) is 0 Å². The van der Waals surface area contributed by atoms with E-state index in [9.17, 15) is 4.79 Å². The number of carbonyl (C=O) groups excluding carboxylic acids is 1. The molecule has 20 heavy (non-hydrogen) atoms. The molecular formula is C15H25N3O2. The van der Waals surface area contributed by atoms with Crippen LogP contribution >= 0.6 is 0 Å². The number of nitrogens with two attached hydrogens (primary N) is 1. The molecular weight excluding hydrogens is 254 g/mol. The van der Waals surface area contributed by atoms with E-state index in [1.54, 1.807) is 0 Å². The monoisotopic (exact) mass is 279 g/mol. The first-order valence-electron chi connectivity index (χ1n) is 6.82. The summed E-state index contributed by atoms with van der Waals surface area (Å²) in [6, 6.07) is 8.07. The van der Waals surface area contributed by atoms with Gasteiger partial charge >= 0.3 is 6.09 Å². The molecule has 0 fully saturated rings. The van der Waals surface area contributed by atoms with E-state index in [1.807, 2.05) is 52.0 Å². The van der Waals surface area contributed by atoms with E-state index in [-0.39, 0.29) is 6.04 Å². The van der Waals surface area contributed by atoms with Crippen LogP contribution in [0.15, 0.2) is 24.3 Å². The van der Waals surface area contributed by atoms with Crippen LogP contribution in [-0.2, 0) is 11.3 Å². The summed E-state index contributed by atoms with van der Waals surface area (Å²) >= 11 is 0. The quantitative estimate of drug-likeness (QED) is 0.774. The fourth-order valence-electron chi connectivity index (χ4n) is 1.60. The van der Waals surface area contributed by atoms with Gasteiger partial charge in [0.2, 0.25) is 0 Å². The van der Waals surface area contributed by atoms with E-state index in [4.69, 9.17) is 10.5 Å². The summed E-state index contributed by atoms with van der Waals surface area (Å²) in [5, 5.41) is 6.03. The fraction of sp³-hybridized carbons (Fsp3) is 0.533. The summed E-state index contributed by atoms with van der Waals surface area (Å²) < 4.78 is 5.19. The normalized spacial score (nSPS) is 12.7. The number of anilines is 1. The Morgan fingerprint density at radius 3 is 2.70 bits per heavy atom. The largest absolute Gasteiger partial charge is 0.444 e. The Balaban J connectivity index is 2.52. The molecule has 1 unspecified atom stereocenters. The van der Waals surface area contributed by atoms with Gasteiger partial charge in [-0.25, -0.2) is 4.79 Å². The Morgan fingerprint density at radius 2 is 2.10 bits per heavy atom. The van der Waals surface area contributed by atoms with Crippen LogP contribution < -0.4 is 16.4 Å². The Hall–Kier alpha value is -1.75. The smallest absolute Gasteiger partial charge is 0.407 e. The molecule has 1 aromatic rings. The van der Waals surface area contributed by atoms with Gasteiger partial charge in [-0.1, -0.05) is 12.1 Å². The third kappa shape index (κ3) is 6.43. The second-order valence-corrected chi connectivity index (χ2v) is 5.84. The summed E-state index contributed by atoms with van der Waals surface area (Å²) in [5.74, 6) is 0. The zero-order valence-electron chi connectivity index (χ0n) is 12.7. The molecule has 0 aromatic heterocycles. The average Bonchev–Trinajstić information content (AvgIpc) is 2.34. The number of hydrogen-bond acceptors (Lipinski definition) is 4. The zero-order valence-corrected chi connectivity index (χ0v) is 12.7. The lowest BCUT2D eigenvalue weighted by molar-refractivity contribution is 0.0523. The number of ether oxygens (including phenoxy) is 1. The number of benzene rings is 1. The third-order valence-electron chi connectivity index (χ3n) is 2.53. The summed E-state index contributed by atoms with van der Waals surface area (Å²) in [6.07, 6.45) is -0.411. The highest BCUT2D eigenvalue weighted by atomic mass is 16.6. The van der Waals surface area contributed by atoms with Gasteiger partial charge in [-0.05, 0) is 45.4 Å². The van der Waals surface area contributed by atoms with E-state index in [0.717, 1.165) is 11.3 Å². The van der Waals surface area contributed by atoms with Gasteiger partial charge in [-0.15, -0.1) is 0 Å². The van der Waals surface area contributed by atoms with E-state index < -0.39 is 11.7 Å². The Bertz CT molecular complexity index is 441. The van der Waals surface area contributed by atoms with Gasteiger partial charge < -0.3 is 21.1 Å². The molecule has 112 valence electrons. The first kappa shape index (κ1) is 16.3. The Labute approximate surface area is 120 Å². The SMILES string of the molecule is CC(CN)Nc1cccc(CNC(=O)OC(C)(C)C)c1. The molecule has 0 aliphatic heterocycles. The van der Waals surface area contributed by atoms with E-state index in [2.05, 4.69) is 10.6 Å². The second kappa shape index (κ2) is 7.14. The molecule has 1 aromatic carbocycles. The highest BCUT2D eigenvalue weighted by Gasteiger charge is 2.15. The van der Waals surface area contributed by atoms with Gasteiger partial charge in [-0.2, -0.15) is 0 Å². The van der Waals surface area contributed by atoms with Crippen LogP contribution in [0.25, 0.3) is 0 Å². The minimum absolute atomic E-state index is 0.212. The highest BCUT2D eigenvalue weighted by molar-refractivity contribution is 5.67. The van der Waals surface area contributed by atoms with Gasteiger partial charge in [0.15, 0.2) is 0 Å². The zero-order chi connectivity index (χ0) is 15.2. The molecule has 0 heterocycles. The van der Waals surface area contributed by atoms with E-state index in [0.29, 0.717) is 13.1 Å². The Kier molecular flexibility index (Phi) is 5.82. The van der Waals surface area contributed by atoms with Crippen molar-refractivity contribution in [2.45, 2.75) is 45.9 Å². The van der Waals surface area contributed by atoms with Crippen LogP contribution in [-0.4, -0.2) is 24.3 Å². The van der Waals surface area contributed by atoms with Gasteiger partial charge in [0.25, 0.3) is 0 Å². The molecule has 0 radical (unpaired) electrons. The average molecular weight is 279 g/mol. The van der Waals surface area contributed by atoms with Gasteiger partial charge in [0.1, 0.15) is 5.60 Å². The number of carbonyl (C=O) groups is 1. The lowest BCUT2D eigenvalue weighted by atomic mass is 10.2. The fourth-order valence-corrected chi connectivity index (χ4v) is 1.60. The standard InChI is InChI=1S/C15H25N3O2/c1-11(9-16)18-13-7-5-6-12(8-13)10-17-14(19)20-15(2,3)4/h5-8,11,18H,9-10,16H2,1-4H3,(H,17,19). The number of rotatable bonds is 5. The number of alkyl carbamates (subject to hydrolysis) is 1. The highest BCUT2D eigenvalue weighted by Crippen LogP contribution is 2.12. The van der Waals surface area contributed by atoms with Crippen LogP contribution in [0.5, 0.6) is 0 Å². The number of hydrogen-bond donors (Lipinski definition) is 3. The minimum Gasteiger partial charge on any atom is -0.444 e. The summed E-state index contributed by atoms with van der Waals surface area (Å²) in [6.45, 7) is 8.54. The lowest BCUT2D eigenvalue weighted by Gasteiger charge is -2.20. The lowest BCUT2D eigenvalue weighted by Crippen LogP contribution is -2.32. The molecule has 5 heteroatoms. The molecule has 1 rings (SSSR count). The van der Waals surface area contributed by atoms with Crippen LogP contribution in [0.2, 0.25) is 0 Å². The molecule has 0 aliphatic carbocycles. The molecule has 4 N–H and O–H groups in total. The first-order chi connectivity index (χ1) is 9.30. The van der Waals surface area contributed by atoms with Crippen LogP contribution in [0.1, 0.15) is 33.3 Å². The van der Waals surface area contributed by atoms with Crippen molar-refractivity contribution in [1.29, 1.82) is 0 Å². The summed E-state index contributed by atoms with van der Waals surface area (Å²) in [5.41, 5.74) is 7.09. The number of amides is 1. The molecule has 0 spiro atoms. The van der Waals surface area contributed by atoms with Crippen molar-refractivity contribution in [3.05, 3.63) is 29.8 Å². The van der Waals surface area contributed by atoms with Crippen molar-refractivity contribution in [2.75, 3.05) is 11.9 Å². The van der Waals surface area contributed by atoms with Crippen molar-refractivity contribution in [3.8, 4) is 0 Å². The minimum atomic E-state index is -0.482. The molecule has 1 amide bonds. The molecule has 0 bridgehead atoms. The molecule has 0 saturated carbocycles.